The Morgan fingerprint density at radius 1 is 1.23 bits per heavy atom. The third kappa shape index (κ3) is 4.33. The van der Waals surface area contributed by atoms with Gasteiger partial charge >= 0.3 is 5.97 Å². The molecule has 0 unspecified atom stereocenters. The average molecular weight is 364 g/mol. The first kappa shape index (κ1) is 16.0. The molecule has 0 aromatic heterocycles. The summed E-state index contributed by atoms with van der Waals surface area (Å²) in [5.41, 5.74) is 1.44. The number of ether oxygens (including phenoxy) is 1. The van der Waals surface area contributed by atoms with E-state index in [0.717, 1.165) is 10.0 Å². The van der Waals surface area contributed by atoms with Gasteiger partial charge in [0.05, 0.1) is 0 Å². The van der Waals surface area contributed by atoms with E-state index in [1.165, 1.54) is 12.1 Å². The van der Waals surface area contributed by atoms with Crippen molar-refractivity contribution < 1.29 is 19.4 Å². The average Bonchev–Trinajstić information content (AvgIpc) is 2.45. The number of carbonyl (C=O) groups is 2. The van der Waals surface area contributed by atoms with Gasteiger partial charge in [-0.3, -0.25) is 4.79 Å². The standard InChI is InChI=1S/C16H14BrNO4/c1-10-5-6-13(14(19)7-10)16(21)22-9-15(20)18-12-4-2-3-11(17)8-12/h2-8,19H,9H2,1H3,(H,18,20). The number of anilines is 1. The summed E-state index contributed by atoms with van der Waals surface area (Å²) >= 11 is 3.29. The second-order valence-electron chi connectivity index (χ2n) is 4.66. The highest BCUT2D eigenvalue weighted by Gasteiger charge is 2.14. The van der Waals surface area contributed by atoms with Crippen LogP contribution in [0.2, 0.25) is 0 Å². The molecule has 6 heteroatoms. The van der Waals surface area contributed by atoms with Crippen molar-refractivity contribution in [3.8, 4) is 5.75 Å². The Labute approximate surface area is 136 Å². The maximum Gasteiger partial charge on any atom is 0.342 e. The van der Waals surface area contributed by atoms with Crippen LogP contribution in [0.1, 0.15) is 15.9 Å². The zero-order chi connectivity index (χ0) is 16.1. The first-order valence-corrected chi connectivity index (χ1v) is 7.27. The molecule has 5 nitrogen and oxygen atoms in total. The van der Waals surface area contributed by atoms with Gasteiger partial charge in [0.15, 0.2) is 6.61 Å². The number of halogens is 1. The van der Waals surface area contributed by atoms with Crippen molar-refractivity contribution in [3.05, 3.63) is 58.1 Å². The van der Waals surface area contributed by atoms with Crippen LogP contribution in [0.3, 0.4) is 0 Å². The van der Waals surface area contributed by atoms with Gasteiger partial charge in [0.1, 0.15) is 11.3 Å². The van der Waals surface area contributed by atoms with Crippen molar-refractivity contribution >= 4 is 33.5 Å². The molecule has 0 spiro atoms. The van der Waals surface area contributed by atoms with E-state index in [1.54, 1.807) is 31.2 Å². The van der Waals surface area contributed by atoms with Crippen LogP contribution < -0.4 is 5.32 Å². The summed E-state index contributed by atoms with van der Waals surface area (Å²) in [4.78, 5) is 23.6. The number of rotatable bonds is 4. The van der Waals surface area contributed by atoms with Crippen LogP contribution in [-0.2, 0) is 9.53 Å². The van der Waals surface area contributed by atoms with E-state index < -0.39 is 18.5 Å². The number of nitrogens with one attached hydrogen (secondary N) is 1. The quantitative estimate of drug-likeness (QED) is 0.817. The molecule has 0 aliphatic carbocycles. The monoisotopic (exact) mass is 363 g/mol. The normalized spacial score (nSPS) is 10.1. The summed E-state index contributed by atoms with van der Waals surface area (Å²) in [7, 11) is 0. The lowest BCUT2D eigenvalue weighted by Crippen LogP contribution is -2.21. The number of benzene rings is 2. The molecule has 0 saturated carbocycles. The van der Waals surface area contributed by atoms with E-state index in [4.69, 9.17) is 4.74 Å². The largest absolute Gasteiger partial charge is 0.507 e. The lowest BCUT2D eigenvalue weighted by molar-refractivity contribution is -0.119. The summed E-state index contributed by atoms with van der Waals surface area (Å²) in [5, 5.41) is 12.3. The molecule has 1 amide bonds. The van der Waals surface area contributed by atoms with E-state index in [1.807, 2.05) is 6.07 Å². The molecule has 114 valence electrons. The van der Waals surface area contributed by atoms with Gasteiger partial charge in [0, 0.05) is 10.2 Å². The van der Waals surface area contributed by atoms with Crippen LogP contribution in [0, 0.1) is 6.92 Å². The zero-order valence-corrected chi connectivity index (χ0v) is 13.4. The fourth-order valence-corrected chi connectivity index (χ4v) is 2.19. The first-order valence-electron chi connectivity index (χ1n) is 6.48. The third-order valence-electron chi connectivity index (χ3n) is 2.82. The molecule has 0 bridgehead atoms. The molecule has 0 saturated heterocycles. The van der Waals surface area contributed by atoms with Crippen molar-refractivity contribution in [2.75, 3.05) is 11.9 Å². The maximum atomic E-state index is 11.8. The number of esters is 1. The van der Waals surface area contributed by atoms with E-state index in [9.17, 15) is 14.7 Å². The molecule has 0 aliphatic rings. The van der Waals surface area contributed by atoms with Crippen molar-refractivity contribution in [1.29, 1.82) is 0 Å². The van der Waals surface area contributed by atoms with Crippen LogP contribution >= 0.6 is 15.9 Å². The molecule has 0 fully saturated rings. The van der Waals surface area contributed by atoms with Gasteiger partial charge in [-0.05, 0) is 42.8 Å². The molecular weight excluding hydrogens is 350 g/mol. The number of aryl methyl sites for hydroxylation is 1. The molecule has 22 heavy (non-hydrogen) atoms. The minimum atomic E-state index is -0.748. The van der Waals surface area contributed by atoms with Crippen molar-refractivity contribution in [2.24, 2.45) is 0 Å². The Bertz CT molecular complexity index is 715. The van der Waals surface area contributed by atoms with Crippen molar-refractivity contribution in [1.82, 2.24) is 0 Å². The van der Waals surface area contributed by atoms with Crippen LogP contribution in [0.4, 0.5) is 5.69 Å². The smallest absolute Gasteiger partial charge is 0.342 e. The maximum absolute atomic E-state index is 11.8. The lowest BCUT2D eigenvalue weighted by atomic mass is 10.1. The fraction of sp³-hybridized carbons (Fsp3) is 0.125. The molecule has 2 aromatic carbocycles. The second-order valence-corrected chi connectivity index (χ2v) is 5.57. The molecule has 2 N–H and O–H groups in total. The topological polar surface area (TPSA) is 75.6 Å². The third-order valence-corrected chi connectivity index (χ3v) is 3.31. The predicted molar refractivity (Wildman–Crippen MR) is 85.9 cm³/mol. The molecule has 0 heterocycles. The molecule has 0 radical (unpaired) electrons. The summed E-state index contributed by atoms with van der Waals surface area (Å²) in [6.07, 6.45) is 0. The number of phenols is 1. The zero-order valence-electron chi connectivity index (χ0n) is 11.8. The highest BCUT2D eigenvalue weighted by molar-refractivity contribution is 9.10. The number of hydrogen-bond acceptors (Lipinski definition) is 4. The SMILES string of the molecule is Cc1ccc(C(=O)OCC(=O)Nc2cccc(Br)c2)c(O)c1. The van der Waals surface area contributed by atoms with Gasteiger partial charge in [0.2, 0.25) is 0 Å². The lowest BCUT2D eigenvalue weighted by Gasteiger charge is -2.08. The summed E-state index contributed by atoms with van der Waals surface area (Å²) in [6.45, 7) is 1.36. The minimum absolute atomic E-state index is 0.0286. The van der Waals surface area contributed by atoms with Gasteiger partial charge in [-0.2, -0.15) is 0 Å². The number of hydrogen-bond donors (Lipinski definition) is 2. The first-order chi connectivity index (χ1) is 10.5. The second kappa shape index (κ2) is 7.09. The van der Waals surface area contributed by atoms with Crippen molar-refractivity contribution in [2.45, 2.75) is 6.92 Å². The van der Waals surface area contributed by atoms with Crippen LogP contribution in [0.25, 0.3) is 0 Å². The van der Waals surface area contributed by atoms with Crippen LogP contribution in [-0.4, -0.2) is 23.6 Å². The van der Waals surface area contributed by atoms with Gasteiger partial charge < -0.3 is 15.2 Å². The summed E-state index contributed by atoms with van der Waals surface area (Å²) in [6, 6.07) is 11.6. The van der Waals surface area contributed by atoms with E-state index in [0.29, 0.717) is 5.69 Å². The Hall–Kier alpha value is -2.34. The number of phenolic OH excluding ortho intramolecular Hbond substituents is 1. The van der Waals surface area contributed by atoms with Crippen LogP contribution in [0.5, 0.6) is 5.75 Å². The van der Waals surface area contributed by atoms with Gasteiger partial charge in [0.25, 0.3) is 5.91 Å². The van der Waals surface area contributed by atoms with Gasteiger partial charge in [-0.1, -0.05) is 28.1 Å². The van der Waals surface area contributed by atoms with E-state index in [-0.39, 0.29) is 11.3 Å². The number of aromatic hydroxyl groups is 1. The molecular formula is C16H14BrNO4. The fourth-order valence-electron chi connectivity index (χ4n) is 1.79. The van der Waals surface area contributed by atoms with E-state index >= 15 is 0 Å². The molecule has 0 aliphatic heterocycles. The summed E-state index contributed by atoms with van der Waals surface area (Å²) < 4.78 is 5.72. The Morgan fingerprint density at radius 3 is 2.68 bits per heavy atom. The van der Waals surface area contributed by atoms with Gasteiger partial charge in [-0.25, -0.2) is 4.79 Å². The number of amides is 1. The van der Waals surface area contributed by atoms with Gasteiger partial charge in [-0.15, -0.1) is 0 Å². The highest BCUT2D eigenvalue weighted by atomic mass is 79.9. The highest BCUT2D eigenvalue weighted by Crippen LogP contribution is 2.19. The minimum Gasteiger partial charge on any atom is -0.507 e. The molecule has 2 rings (SSSR count). The molecule has 2 aromatic rings. The Kier molecular flexibility index (Phi) is 5.16. The summed E-state index contributed by atoms with van der Waals surface area (Å²) in [5.74, 6) is -1.38. The van der Waals surface area contributed by atoms with Crippen LogP contribution in [0.15, 0.2) is 46.9 Å². The molecule has 0 atom stereocenters. The van der Waals surface area contributed by atoms with E-state index in [2.05, 4.69) is 21.2 Å². The Morgan fingerprint density at radius 2 is 2.00 bits per heavy atom. The Balaban J connectivity index is 1.92. The number of carbonyl (C=O) groups excluding carboxylic acids is 2. The van der Waals surface area contributed by atoms with Crippen molar-refractivity contribution in [3.63, 3.8) is 0 Å². The predicted octanol–water partition coefficient (Wildman–Crippen LogP) is 3.26.